The molecule has 0 saturated carbocycles. The average Bonchev–Trinajstić information content (AvgIpc) is 2.72. The minimum Gasteiger partial charge on any atom is -0.353 e. The van der Waals surface area contributed by atoms with Gasteiger partial charge in [0.15, 0.2) is 0 Å². The zero-order chi connectivity index (χ0) is 19.2. The van der Waals surface area contributed by atoms with Crippen molar-refractivity contribution in [1.29, 1.82) is 0 Å². The Morgan fingerprint density at radius 1 is 1.07 bits per heavy atom. The molecule has 7 nitrogen and oxygen atoms in total. The number of nitro groups is 1. The van der Waals surface area contributed by atoms with Crippen molar-refractivity contribution in [1.82, 2.24) is 9.88 Å². The molecule has 1 fully saturated rings. The number of benzene rings is 1. The summed E-state index contributed by atoms with van der Waals surface area (Å²) in [5.41, 5.74) is 2.48. The van der Waals surface area contributed by atoms with Crippen LogP contribution in [-0.4, -0.2) is 46.9 Å². The summed E-state index contributed by atoms with van der Waals surface area (Å²) in [7, 11) is 0. The van der Waals surface area contributed by atoms with Crippen LogP contribution in [0.25, 0.3) is 0 Å². The Labute approximate surface area is 158 Å². The second kappa shape index (κ2) is 8.62. The SMILES string of the molecule is CCc1ccc(CCC(=O)N2CCN(c3ccc([N+](=O)[O-])cn3)CC2)cc1. The Morgan fingerprint density at radius 2 is 1.74 bits per heavy atom. The molecule has 1 aliphatic rings. The predicted molar refractivity (Wildman–Crippen MR) is 104 cm³/mol. The molecule has 1 saturated heterocycles. The van der Waals surface area contributed by atoms with Crippen LogP contribution in [-0.2, 0) is 17.6 Å². The largest absolute Gasteiger partial charge is 0.353 e. The van der Waals surface area contributed by atoms with Gasteiger partial charge in [0.1, 0.15) is 12.0 Å². The molecule has 0 atom stereocenters. The molecular weight excluding hydrogens is 344 g/mol. The van der Waals surface area contributed by atoms with Gasteiger partial charge in [0, 0.05) is 38.7 Å². The number of hydrogen-bond acceptors (Lipinski definition) is 5. The number of pyridine rings is 1. The number of nitrogens with zero attached hydrogens (tertiary/aromatic N) is 4. The fraction of sp³-hybridized carbons (Fsp3) is 0.400. The Bertz CT molecular complexity index is 782. The summed E-state index contributed by atoms with van der Waals surface area (Å²) in [5.74, 6) is 0.884. The Kier molecular flexibility index (Phi) is 6.01. The number of amides is 1. The number of hydrogen-bond donors (Lipinski definition) is 0. The maximum absolute atomic E-state index is 12.5. The second-order valence-corrected chi connectivity index (χ2v) is 6.67. The van der Waals surface area contributed by atoms with Crippen molar-refractivity contribution in [2.45, 2.75) is 26.2 Å². The van der Waals surface area contributed by atoms with Crippen LogP contribution < -0.4 is 4.90 Å². The summed E-state index contributed by atoms with van der Waals surface area (Å²) in [6, 6.07) is 11.6. The summed E-state index contributed by atoms with van der Waals surface area (Å²) < 4.78 is 0. The van der Waals surface area contributed by atoms with Crippen molar-refractivity contribution in [2.24, 2.45) is 0 Å². The maximum atomic E-state index is 12.5. The number of anilines is 1. The minimum atomic E-state index is -0.455. The summed E-state index contributed by atoms with van der Waals surface area (Å²) in [5, 5.41) is 10.7. The van der Waals surface area contributed by atoms with E-state index < -0.39 is 4.92 Å². The number of carbonyl (C=O) groups is 1. The van der Waals surface area contributed by atoms with Gasteiger partial charge in [-0.1, -0.05) is 31.2 Å². The minimum absolute atomic E-state index is 0.0143. The molecule has 7 heteroatoms. The van der Waals surface area contributed by atoms with E-state index in [1.54, 1.807) is 6.07 Å². The highest BCUT2D eigenvalue weighted by atomic mass is 16.6. The lowest BCUT2D eigenvalue weighted by molar-refractivity contribution is -0.385. The van der Waals surface area contributed by atoms with Crippen molar-refractivity contribution >= 4 is 17.4 Å². The van der Waals surface area contributed by atoms with Crippen LogP contribution in [0, 0.1) is 10.1 Å². The first-order chi connectivity index (χ1) is 13.1. The van der Waals surface area contributed by atoms with Gasteiger partial charge >= 0.3 is 0 Å². The lowest BCUT2D eigenvalue weighted by atomic mass is 10.1. The topological polar surface area (TPSA) is 79.6 Å². The summed E-state index contributed by atoms with van der Waals surface area (Å²) in [6.45, 7) is 4.78. The van der Waals surface area contributed by atoms with Crippen molar-refractivity contribution in [3.63, 3.8) is 0 Å². The van der Waals surface area contributed by atoms with Gasteiger partial charge in [-0.3, -0.25) is 14.9 Å². The normalized spacial score (nSPS) is 14.3. The van der Waals surface area contributed by atoms with E-state index in [9.17, 15) is 14.9 Å². The zero-order valence-electron chi connectivity index (χ0n) is 15.5. The molecular formula is C20H24N4O3. The van der Waals surface area contributed by atoms with Crippen molar-refractivity contribution in [2.75, 3.05) is 31.1 Å². The standard InChI is InChI=1S/C20H24N4O3/c1-2-16-3-5-17(6-4-16)7-10-20(25)23-13-11-22(12-14-23)19-9-8-18(15-21-19)24(26)27/h3-6,8-9,15H,2,7,10-14H2,1H3. The monoisotopic (exact) mass is 368 g/mol. The molecule has 0 spiro atoms. The fourth-order valence-electron chi connectivity index (χ4n) is 3.21. The molecule has 0 radical (unpaired) electrons. The fourth-order valence-corrected chi connectivity index (χ4v) is 3.21. The molecule has 142 valence electrons. The van der Waals surface area contributed by atoms with Crippen LogP contribution in [0.3, 0.4) is 0 Å². The van der Waals surface area contributed by atoms with Gasteiger partial charge in [-0.15, -0.1) is 0 Å². The Balaban J connectivity index is 1.47. The van der Waals surface area contributed by atoms with E-state index in [2.05, 4.69) is 41.1 Å². The van der Waals surface area contributed by atoms with E-state index in [0.717, 1.165) is 12.8 Å². The van der Waals surface area contributed by atoms with Gasteiger partial charge in [-0.2, -0.15) is 0 Å². The number of piperazine rings is 1. The average molecular weight is 368 g/mol. The molecule has 3 rings (SSSR count). The van der Waals surface area contributed by atoms with Gasteiger partial charge in [0.2, 0.25) is 5.91 Å². The third-order valence-electron chi connectivity index (χ3n) is 4.96. The highest BCUT2D eigenvalue weighted by Gasteiger charge is 2.22. The molecule has 0 aliphatic carbocycles. The van der Waals surface area contributed by atoms with Crippen LogP contribution in [0.1, 0.15) is 24.5 Å². The molecule has 1 aliphatic heterocycles. The number of aryl methyl sites for hydroxylation is 2. The highest BCUT2D eigenvalue weighted by molar-refractivity contribution is 5.76. The molecule has 0 bridgehead atoms. The van der Waals surface area contributed by atoms with Crippen molar-refractivity contribution in [3.8, 4) is 0 Å². The number of carbonyl (C=O) groups excluding carboxylic acids is 1. The lowest BCUT2D eigenvalue weighted by Gasteiger charge is -2.35. The van der Waals surface area contributed by atoms with Crippen molar-refractivity contribution in [3.05, 3.63) is 63.8 Å². The zero-order valence-corrected chi connectivity index (χ0v) is 15.5. The third kappa shape index (κ3) is 4.81. The Hall–Kier alpha value is -2.96. The Morgan fingerprint density at radius 3 is 2.30 bits per heavy atom. The van der Waals surface area contributed by atoms with Gasteiger partial charge in [0.05, 0.1) is 4.92 Å². The first-order valence-corrected chi connectivity index (χ1v) is 9.28. The molecule has 27 heavy (non-hydrogen) atoms. The van der Waals surface area contributed by atoms with E-state index in [1.807, 2.05) is 4.90 Å². The quantitative estimate of drug-likeness (QED) is 0.579. The predicted octanol–water partition coefficient (Wildman–Crippen LogP) is 2.83. The van der Waals surface area contributed by atoms with E-state index in [-0.39, 0.29) is 11.6 Å². The molecule has 2 aromatic rings. The van der Waals surface area contributed by atoms with Crippen LogP contribution in [0.4, 0.5) is 11.5 Å². The van der Waals surface area contributed by atoms with Crippen LogP contribution in [0.5, 0.6) is 0 Å². The van der Waals surface area contributed by atoms with Crippen LogP contribution >= 0.6 is 0 Å². The van der Waals surface area contributed by atoms with Gasteiger partial charge < -0.3 is 9.80 Å². The molecule has 1 aromatic carbocycles. The van der Waals surface area contributed by atoms with Crippen molar-refractivity contribution < 1.29 is 9.72 Å². The maximum Gasteiger partial charge on any atom is 0.287 e. The molecule has 1 amide bonds. The first kappa shape index (κ1) is 18.8. The molecule has 0 unspecified atom stereocenters. The molecule has 1 aromatic heterocycles. The molecule has 0 N–H and O–H groups in total. The van der Waals surface area contributed by atoms with Gasteiger partial charge in [-0.25, -0.2) is 4.98 Å². The van der Waals surface area contributed by atoms with E-state index in [4.69, 9.17) is 0 Å². The van der Waals surface area contributed by atoms with Gasteiger partial charge in [-0.05, 0) is 30.0 Å². The summed E-state index contributed by atoms with van der Waals surface area (Å²) in [6.07, 6.45) is 3.57. The first-order valence-electron chi connectivity index (χ1n) is 9.28. The van der Waals surface area contributed by atoms with Gasteiger partial charge in [0.25, 0.3) is 5.69 Å². The smallest absolute Gasteiger partial charge is 0.287 e. The number of rotatable bonds is 6. The van der Waals surface area contributed by atoms with E-state index in [1.165, 1.54) is 23.4 Å². The van der Waals surface area contributed by atoms with Crippen LogP contribution in [0.15, 0.2) is 42.6 Å². The van der Waals surface area contributed by atoms with E-state index in [0.29, 0.717) is 38.4 Å². The van der Waals surface area contributed by atoms with Crippen LogP contribution in [0.2, 0.25) is 0 Å². The number of aromatic nitrogens is 1. The van der Waals surface area contributed by atoms with E-state index >= 15 is 0 Å². The third-order valence-corrected chi connectivity index (χ3v) is 4.96. The summed E-state index contributed by atoms with van der Waals surface area (Å²) >= 11 is 0. The lowest BCUT2D eigenvalue weighted by Crippen LogP contribution is -2.49. The molecule has 2 heterocycles. The highest BCUT2D eigenvalue weighted by Crippen LogP contribution is 2.18. The summed E-state index contributed by atoms with van der Waals surface area (Å²) in [4.78, 5) is 30.8. The second-order valence-electron chi connectivity index (χ2n) is 6.67.